The van der Waals surface area contributed by atoms with Crippen molar-refractivity contribution in [3.63, 3.8) is 0 Å². The maximum Gasteiger partial charge on any atom is 0.0980 e. The monoisotopic (exact) mass is 261 g/mol. The van der Waals surface area contributed by atoms with Crippen LogP contribution in [0, 0.1) is 0 Å². The van der Waals surface area contributed by atoms with Crippen LogP contribution < -0.4 is 5.32 Å². The van der Waals surface area contributed by atoms with E-state index in [1.807, 2.05) is 0 Å². The molecule has 0 amide bonds. The van der Waals surface area contributed by atoms with Gasteiger partial charge < -0.3 is 10.1 Å². The number of unbranched alkanes of at least 4 members (excludes halogenated alkanes) is 3. The minimum Gasteiger partial charge on any atom is -0.372 e. The van der Waals surface area contributed by atoms with E-state index in [0.717, 1.165) is 13.0 Å². The summed E-state index contributed by atoms with van der Waals surface area (Å²) in [6.07, 6.45) is 7.77. The number of fused-ring (bicyclic) bond motifs is 1. The van der Waals surface area contributed by atoms with Gasteiger partial charge in [-0.1, -0.05) is 56.9 Å². The van der Waals surface area contributed by atoms with Crippen molar-refractivity contribution in [3.8, 4) is 0 Å². The lowest BCUT2D eigenvalue weighted by Gasteiger charge is -2.32. The van der Waals surface area contributed by atoms with Crippen molar-refractivity contribution in [1.29, 1.82) is 0 Å². The molecule has 2 heteroatoms. The third kappa shape index (κ3) is 3.80. The van der Waals surface area contributed by atoms with Gasteiger partial charge in [0.15, 0.2) is 0 Å². The molecule has 0 aliphatic carbocycles. The Balaban J connectivity index is 1.99. The Bertz CT molecular complexity index is 377. The molecule has 2 rings (SSSR count). The molecule has 1 heterocycles. The average molecular weight is 261 g/mol. The fraction of sp³-hybridized carbons (Fsp3) is 0.647. The van der Waals surface area contributed by atoms with Crippen LogP contribution in [0.4, 0.5) is 0 Å². The van der Waals surface area contributed by atoms with Gasteiger partial charge in [0.1, 0.15) is 0 Å². The Kier molecular flexibility index (Phi) is 5.87. The van der Waals surface area contributed by atoms with Crippen LogP contribution in [0.1, 0.15) is 56.3 Å². The Hall–Kier alpha value is -0.860. The SMILES string of the molecule is CCCCCCC(NC)C1OCCc2ccccc21. The average Bonchev–Trinajstić information content (AvgIpc) is 2.47. The van der Waals surface area contributed by atoms with Gasteiger partial charge in [-0.3, -0.25) is 0 Å². The van der Waals surface area contributed by atoms with Gasteiger partial charge >= 0.3 is 0 Å². The van der Waals surface area contributed by atoms with Crippen molar-refractivity contribution < 1.29 is 4.74 Å². The van der Waals surface area contributed by atoms with E-state index < -0.39 is 0 Å². The van der Waals surface area contributed by atoms with E-state index in [1.54, 1.807) is 0 Å². The van der Waals surface area contributed by atoms with Crippen LogP contribution in [0.5, 0.6) is 0 Å². The lowest BCUT2D eigenvalue weighted by atomic mass is 9.91. The molecule has 1 N–H and O–H groups in total. The van der Waals surface area contributed by atoms with Crippen molar-refractivity contribution in [2.45, 2.75) is 57.6 Å². The van der Waals surface area contributed by atoms with Gasteiger partial charge in [-0.15, -0.1) is 0 Å². The highest BCUT2D eigenvalue weighted by Crippen LogP contribution is 2.31. The van der Waals surface area contributed by atoms with Gasteiger partial charge in [-0.05, 0) is 31.0 Å². The maximum atomic E-state index is 6.05. The molecular formula is C17H27NO. The van der Waals surface area contributed by atoms with E-state index in [0.29, 0.717) is 6.04 Å². The van der Waals surface area contributed by atoms with Crippen molar-refractivity contribution in [2.75, 3.05) is 13.7 Å². The van der Waals surface area contributed by atoms with E-state index in [4.69, 9.17) is 4.74 Å². The molecule has 0 bridgehead atoms. The van der Waals surface area contributed by atoms with E-state index in [9.17, 15) is 0 Å². The van der Waals surface area contributed by atoms with Gasteiger partial charge in [-0.25, -0.2) is 0 Å². The zero-order valence-corrected chi connectivity index (χ0v) is 12.3. The number of nitrogens with one attached hydrogen (secondary N) is 1. The molecule has 0 saturated heterocycles. The van der Waals surface area contributed by atoms with Crippen molar-refractivity contribution in [1.82, 2.24) is 5.32 Å². The number of rotatable bonds is 7. The van der Waals surface area contributed by atoms with Crippen LogP contribution >= 0.6 is 0 Å². The Morgan fingerprint density at radius 1 is 1.26 bits per heavy atom. The summed E-state index contributed by atoms with van der Waals surface area (Å²) < 4.78 is 6.05. The standard InChI is InChI=1S/C17H27NO/c1-3-4-5-6-11-16(18-2)17-15-10-8-7-9-14(15)12-13-19-17/h7-10,16-18H,3-6,11-13H2,1-2H3. The first kappa shape index (κ1) is 14.5. The summed E-state index contributed by atoms with van der Waals surface area (Å²) in [7, 11) is 2.06. The first-order chi connectivity index (χ1) is 9.36. The largest absolute Gasteiger partial charge is 0.372 e. The molecule has 1 aliphatic heterocycles. The summed E-state index contributed by atoms with van der Waals surface area (Å²) in [5, 5.41) is 3.46. The van der Waals surface area contributed by atoms with Crippen molar-refractivity contribution in [3.05, 3.63) is 35.4 Å². The van der Waals surface area contributed by atoms with Crippen molar-refractivity contribution in [2.24, 2.45) is 0 Å². The van der Waals surface area contributed by atoms with Gasteiger partial charge in [-0.2, -0.15) is 0 Å². The molecule has 0 spiro atoms. The number of hydrogen-bond donors (Lipinski definition) is 1. The molecule has 2 unspecified atom stereocenters. The van der Waals surface area contributed by atoms with Gasteiger partial charge in [0.25, 0.3) is 0 Å². The molecule has 1 aromatic rings. The second-order valence-electron chi connectivity index (χ2n) is 5.48. The Morgan fingerprint density at radius 3 is 2.89 bits per heavy atom. The van der Waals surface area contributed by atoms with E-state index in [-0.39, 0.29) is 6.10 Å². The molecule has 2 atom stereocenters. The van der Waals surface area contributed by atoms with Crippen LogP contribution in [0.2, 0.25) is 0 Å². The Labute approximate surface area is 117 Å². The van der Waals surface area contributed by atoms with E-state index in [2.05, 4.69) is 43.6 Å². The Morgan fingerprint density at radius 2 is 2.11 bits per heavy atom. The van der Waals surface area contributed by atoms with Crippen LogP contribution in [0.3, 0.4) is 0 Å². The van der Waals surface area contributed by atoms with Crippen molar-refractivity contribution >= 4 is 0 Å². The summed E-state index contributed by atoms with van der Waals surface area (Å²) in [6.45, 7) is 3.12. The summed E-state index contributed by atoms with van der Waals surface area (Å²) in [5.74, 6) is 0. The minimum atomic E-state index is 0.233. The van der Waals surface area contributed by atoms with Crippen LogP contribution in [0.25, 0.3) is 0 Å². The zero-order chi connectivity index (χ0) is 13.5. The molecule has 0 saturated carbocycles. The van der Waals surface area contributed by atoms with Gasteiger partial charge in [0.2, 0.25) is 0 Å². The molecule has 0 radical (unpaired) electrons. The highest BCUT2D eigenvalue weighted by molar-refractivity contribution is 5.31. The third-order valence-corrected chi connectivity index (χ3v) is 4.14. The number of hydrogen-bond acceptors (Lipinski definition) is 2. The summed E-state index contributed by atoms with van der Waals surface area (Å²) in [5.41, 5.74) is 2.86. The quantitative estimate of drug-likeness (QED) is 0.753. The first-order valence-electron chi connectivity index (χ1n) is 7.73. The predicted molar refractivity (Wildman–Crippen MR) is 80.4 cm³/mol. The minimum absolute atomic E-state index is 0.233. The van der Waals surface area contributed by atoms with Gasteiger partial charge in [0.05, 0.1) is 12.7 Å². The van der Waals surface area contributed by atoms with E-state index in [1.165, 1.54) is 43.2 Å². The zero-order valence-electron chi connectivity index (χ0n) is 12.3. The van der Waals surface area contributed by atoms with Crippen LogP contribution in [-0.2, 0) is 11.2 Å². The summed E-state index contributed by atoms with van der Waals surface area (Å²) in [4.78, 5) is 0. The number of likely N-dealkylation sites (N-methyl/N-ethyl adjacent to an activating group) is 1. The van der Waals surface area contributed by atoms with Crippen LogP contribution in [0.15, 0.2) is 24.3 Å². The number of ether oxygens (including phenoxy) is 1. The second kappa shape index (κ2) is 7.66. The number of benzene rings is 1. The molecular weight excluding hydrogens is 234 g/mol. The molecule has 19 heavy (non-hydrogen) atoms. The lowest BCUT2D eigenvalue weighted by molar-refractivity contribution is 0.0145. The fourth-order valence-electron chi connectivity index (χ4n) is 3.00. The maximum absolute atomic E-state index is 6.05. The lowest BCUT2D eigenvalue weighted by Crippen LogP contribution is -2.36. The highest BCUT2D eigenvalue weighted by atomic mass is 16.5. The topological polar surface area (TPSA) is 21.3 Å². The second-order valence-corrected chi connectivity index (χ2v) is 5.48. The smallest absolute Gasteiger partial charge is 0.0980 e. The molecule has 0 aromatic heterocycles. The summed E-state index contributed by atoms with van der Waals surface area (Å²) >= 11 is 0. The van der Waals surface area contributed by atoms with Crippen LogP contribution in [-0.4, -0.2) is 19.7 Å². The van der Waals surface area contributed by atoms with Gasteiger partial charge in [0, 0.05) is 6.04 Å². The van der Waals surface area contributed by atoms with E-state index >= 15 is 0 Å². The molecule has 2 nitrogen and oxygen atoms in total. The predicted octanol–water partition coefficient (Wildman–Crippen LogP) is 3.86. The molecule has 1 aliphatic rings. The molecule has 1 aromatic carbocycles. The molecule has 0 fully saturated rings. The third-order valence-electron chi connectivity index (χ3n) is 4.14. The summed E-state index contributed by atoms with van der Waals surface area (Å²) in [6, 6.07) is 9.18. The fourth-order valence-corrected chi connectivity index (χ4v) is 3.00. The highest BCUT2D eigenvalue weighted by Gasteiger charge is 2.27. The normalized spacial score (nSPS) is 20.0. The molecule has 106 valence electrons. The first-order valence-corrected chi connectivity index (χ1v) is 7.73.